The van der Waals surface area contributed by atoms with Gasteiger partial charge in [-0.05, 0) is 66.9 Å². The fraction of sp³-hybridized carbons (Fsp3) is 0.208. The average Bonchev–Trinajstić information content (AvgIpc) is 2.78. The molecule has 0 aromatic heterocycles. The molecule has 3 aromatic rings. The molecular formula is C24H26N2O3S. The highest BCUT2D eigenvalue weighted by molar-refractivity contribution is 8.00. The molecule has 3 rings (SSSR count). The maximum atomic E-state index is 11.5. The first-order chi connectivity index (χ1) is 14.6. The minimum atomic E-state index is 0.248. The van der Waals surface area contributed by atoms with Gasteiger partial charge in [0.05, 0.1) is 32.1 Å². The highest BCUT2D eigenvalue weighted by Crippen LogP contribution is 2.40. The fourth-order valence-electron chi connectivity index (χ4n) is 3.16. The van der Waals surface area contributed by atoms with E-state index in [0.29, 0.717) is 11.5 Å². The predicted molar refractivity (Wildman–Crippen MR) is 124 cm³/mol. The first-order valence-corrected chi connectivity index (χ1v) is 10.3. The molecule has 5 nitrogen and oxygen atoms in total. The van der Waals surface area contributed by atoms with E-state index in [1.54, 1.807) is 14.2 Å². The molecule has 0 aliphatic heterocycles. The Hall–Kier alpha value is -3.12. The number of rotatable bonds is 9. The molecule has 0 unspecified atom stereocenters. The summed E-state index contributed by atoms with van der Waals surface area (Å²) in [5, 5.41) is 0. The van der Waals surface area contributed by atoms with Crippen LogP contribution in [0.2, 0.25) is 0 Å². The largest absolute Gasteiger partial charge is 0.493 e. The highest BCUT2D eigenvalue weighted by atomic mass is 32.2. The number of anilines is 3. The number of benzene rings is 3. The molecule has 0 fully saturated rings. The lowest BCUT2D eigenvalue weighted by Gasteiger charge is -2.29. The normalized spacial score (nSPS) is 10.4. The van der Waals surface area contributed by atoms with Gasteiger partial charge in [0.2, 0.25) is 0 Å². The van der Waals surface area contributed by atoms with Crippen LogP contribution in [0.1, 0.15) is 5.56 Å². The summed E-state index contributed by atoms with van der Waals surface area (Å²) in [5.74, 6) is 1.32. The summed E-state index contributed by atoms with van der Waals surface area (Å²) < 4.78 is 12.7. The van der Waals surface area contributed by atoms with Gasteiger partial charge >= 0.3 is 0 Å². The number of nitrogens with zero attached hydrogens (tertiary/aromatic N) is 2. The Morgan fingerprint density at radius 2 is 1.63 bits per heavy atom. The summed E-state index contributed by atoms with van der Waals surface area (Å²) in [6.45, 7) is 2.31. The minimum absolute atomic E-state index is 0.248. The zero-order chi connectivity index (χ0) is 21.5. The topological polar surface area (TPSA) is 42.0 Å². The summed E-state index contributed by atoms with van der Waals surface area (Å²) in [7, 11) is 5.26. The first-order valence-electron chi connectivity index (χ1n) is 9.58. The van der Waals surface area contributed by atoms with Gasteiger partial charge in [-0.3, -0.25) is 0 Å². The van der Waals surface area contributed by atoms with Crippen LogP contribution in [0.3, 0.4) is 0 Å². The molecule has 0 aliphatic rings. The van der Waals surface area contributed by atoms with Gasteiger partial charge in [0.25, 0.3) is 0 Å². The number of carbonyl (C=O) groups excluding carboxylic acids is 1. The van der Waals surface area contributed by atoms with E-state index in [-0.39, 0.29) is 6.54 Å². The van der Waals surface area contributed by atoms with Gasteiger partial charge in [-0.1, -0.05) is 24.3 Å². The van der Waals surface area contributed by atoms with Crippen LogP contribution >= 0.6 is 11.9 Å². The molecule has 30 heavy (non-hydrogen) atoms. The third-order valence-corrected chi connectivity index (χ3v) is 5.75. The quantitative estimate of drug-likeness (QED) is 0.335. The molecule has 0 saturated heterocycles. The number of para-hydroxylation sites is 1. The van der Waals surface area contributed by atoms with E-state index in [1.165, 1.54) is 11.9 Å². The summed E-state index contributed by atoms with van der Waals surface area (Å²) in [5.41, 5.74) is 4.21. The van der Waals surface area contributed by atoms with E-state index in [4.69, 9.17) is 9.47 Å². The number of aldehydes is 1. The highest BCUT2D eigenvalue weighted by Gasteiger charge is 2.18. The monoisotopic (exact) mass is 422 g/mol. The molecule has 0 bridgehead atoms. The minimum Gasteiger partial charge on any atom is -0.493 e. The van der Waals surface area contributed by atoms with Crippen molar-refractivity contribution in [3.63, 3.8) is 0 Å². The van der Waals surface area contributed by atoms with Crippen LogP contribution in [0.5, 0.6) is 11.5 Å². The van der Waals surface area contributed by atoms with E-state index in [1.807, 2.05) is 47.8 Å². The van der Waals surface area contributed by atoms with Crippen LogP contribution < -0.4 is 18.7 Å². The van der Waals surface area contributed by atoms with Crippen molar-refractivity contribution >= 4 is 35.3 Å². The van der Waals surface area contributed by atoms with Crippen molar-refractivity contribution in [2.24, 2.45) is 0 Å². The fourth-order valence-corrected chi connectivity index (χ4v) is 4.09. The van der Waals surface area contributed by atoms with Crippen molar-refractivity contribution in [1.29, 1.82) is 0 Å². The SMILES string of the molecule is COc1ccc(SN(CC=O)c2ccc(C)cc2N(C)c2ccccc2)cc1OC. The zero-order valence-electron chi connectivity index (χ0n) is 17.7. The molecule has 0 amide bonds. The van der Waals surface area contributed by atoms with E-state index in [9.17, 15) is 4.79 Å². The van der Waals surface area contributed by atoms with Crippen molar-refractivity contribution in [2.75, 3.05) is 37.0 Å². The van der Waals surface area contributed by atoms with Crippen LogP contribution in [-0.4, -0.2) is 34.1 Å². The van der Waals surface area contributed by atoms with Gasteiger partial charge in [0.15, 0.2) is 11.5 Å². The summed E-state index contributed by atoms with van der Waals surface area (Å²) in [6.07, 6.45) is 0.917. The van der Waals surface area contributed by atoms with Crippen molar-refractivity contribution < 1.29 is 14.3 Å². The lowest BCUT2D eigenvalue weighted by Crippen LogP contribution is -2.21. The summed E-state index contributed by atoms with van der Waals surface area (Å²) in [4.78, 5) is 14.6. The van der Waals surface area contributed by atoms with Crippen molar-refractivity contribution in [1.82, 2.24) is 0 Å². The number of hydrogen-bond donors (Lipinski definition) is 0. The van der Waals surface area contributed by atoms with Crippen LogP contribution in [0.25, 0.3) is 0 Å². The van der Waals surface area contributed by atoms with Crippen molar-refractivity contribution in [3.8, 4) is 11.5 Å². The van der Waals surface area contributed by atoms with Gasteiger partial charge < -0.3 is 23.5 Å². The Labute approximate surface area is 182 Å². The van der Waals surface area contributed by atoms with Gasteiger partial charge in [0, 0.05) is 17.6 Å². The first kappa shape index (κ1) is 21.6. The predicted octanol–water partition coefficient (Wildman–Crippen LogP) is 5.49. The second-order valence-corrected chi connectivity index (χ2v) is 7.82. The molecule has 6 heteroatoms. The molecule has 0 radical (unpaired) electrons. The molecule has 3 aromatic carbocycles. The lowest BCUT2D eigenvalue weighted by molar-refractivity contribution is -0.106. The van der Waals surface area contributed by atoms with E-state index in [2.05, 4.69) is 42.2 Å². The van der Waals surface area contributed by atoms with Gasteiger partial charge in [0.1, 0.15) is 6.29 Å². The molecule has 156 valence electrons. The number of ether oxygens (including phenoxy) is 2. The van der Waals surface area contributed by atoms with E-state index >= 15 is 0 Å². The Morgan fingerprint density at radius 3 is 2.30 bits per heavy atom. The third kappa shape index (κ3) is 4.89. The van der Waals surface area contributed by atoms with E-state index < -0.39 is 0 Å². The molecular weight excluding hydrogens is 396 g/mol. The molecule has 0 heterocycles. The maximum absolute atomic E-state index is 11.5. The molecule has 0 saturated carbocycles. The molecule has 0 spiro atoms. The van der Waals surface area contributed by atoms with Gasteiger partial charge in [-0.25, -0.2) is 0 Å². The lowest BCUT2D eigenvalue weighted by atomic mass is 10.1. The Morgan fingerprint density at radius 1 is 0.900 bits per heavy atom. The number of methoxy groups -OCH3 is 2. The summed E-state index contributed by atoms with van der Waals surface area (Å²) in [6, 6.07) is 22.2. The van der Waals surface area contributed by atoms with Crippen LogP contribution in [-0.2, 0) is 4.79 Å². The van der Waals surface area contributed by atoms with Crippen LogP contribution in [0.4, 0.5) is 17.1 Å². The number of aryl methyl sites for hydroxylation is 1. The molecule has 0 N–H and O–H groups in total. The molecule has 0 aliphatic carbocycles. The average molecular weight is 423 g/mol. The van der Waals surface area contributed by atoms with Gasteiger partial charge in [-0.2, -0.15) is 0 Å². The van der Waals surface area contributed by atoms with Gasteiger partial charge in [-0.15, -0.1) is 0 Å². The zero-order valence-corrected chi connectivity index (χ0v) is 18.5. The van der Waals surface area contributed by atoms with Crippen LogP contribution in [0.15, 0.2) is 71.6 Å². The number of hydrogen-bond acceptors (Lipinski definition) is 6. The Kier molecular flexibility index (Phi) is 7.25. The Bertz CT molecular complexity index is 995. The smallest absolute Gasteiger partial charge is 0.161 e. The Balaban J connectivity index is 1.99. The molecule has 0 atom stereocenters. The standard InChI is InChI=1S/C24H26N2O3S/c1-18-10-12-21(22(16-18)25(2)19-8-6-5-7-9-19)26(14-15-27)30-20-11-13-23(28-3)24(17-20)29-4/h5-13,15-17H,14H2,1-4H3. The van der Waals surface area contributed by atoms with Crippen molar-refractivity contribution in [3.05, 3.63) is 72.3 Å². The second-order valence-electron chi connectivity index (χ2n) is 6.72. The van der Waals surface area contributed by atoms with E-state index in [0.717, 1.165) is 33.8 Å². The third-order valence-electron chi connectivity index (χ3n) is 4.72. The second kappa shape index (κ2) is 10.1. The maximum Gasteiger partial charge on any atom is 0.161 e. The van der Waals surface area contributed by atoms with Crippen LogP contribution in [0, 0.1) is 6.92 Å². The summed E-state index contributed by atoms with van der Waals surface area (Å²) >= 11 is 1.49. The number of carbonyl (C=O) groups is 1. The van der Waals surface area contributed by atoms with Crippen molar-refractivity contribution in [2.45, 2.75) is 11.8 Å².